The lowest BCUT2D eigenvalue weighted by Gasteiger charge is -2.45. The van der Waals surface area contributed by atoms with Crippen LogP contribution in [0.5, 0.6) is 0 Å². The maximum absolute atomic E-state index is 13.0. The molecule has 5 nitrogen and oxygen atoms in total. The van der Waals surface area contributed by atoms with Gasteiger partial charge in [0, 0.05) is 45.1 Å². The van der Waals surface area contributed by atoms with Crippen LogP contribution in [0.4, 0.5) is 13.2 Å². The number of pyridine rings is 1. The van der Waals surface area contributed by atoms with Crippen LogP contribution in [0, 0.1) is 0 Å². The molecule has 1 N–H and O–H groups in total. The maximum Gasteiger partial charge on any atom is 0.433 e. The molecule has 1 saturated heterocycles. The van der Waals surface area contributed by atoms with Crippen molar-refractivity contribution in [3.8, 4) is 0 Å². The molecular weight excluding hydrogens is 403 g/mol. The van der Waals surface area contributed by atoms with Gasteiger partial charge in [0.2, 0.25) is 0 Å². The molecule has 0 saturated carbocycles. The van der Waals surface area contributed by atoms with Gasteiger partial charge in [-0.25, -0.2) is 0 Å². The summed E-state index contributed by atoms with van der Waals surface area (Å²) in [5, 5.41) is 7.10. The number of aromatic nitrogens is 3. The van der Waals surface area contributed by atoms with E-state index in [2.05, 4.69) is 49.2 Å². The molecule has 31 heavy (non-hydrogen) atoms. The van der Waals surface area contributed by atoms with Crippen molar-refractivity contribution in [2.75, 3.05) is 32.7 Å². The molecule has 2 aromatic heterocycles. The number of hydrogen-bond acceptors (Lipinski definition) is 4. The van der Waals surface area contributed by atoms with Crippen molar-refractivity contribution in [3.05, 3.63) is 83.4 Å². The molecule has 1 aliphatic rings. The third kappa shape index (κ3) is 4.65. The molecule has 1 aromatic carbocycles. The summed E-state index contributed by atoms with van der Waals surface area (Å²) in [4.78, 5) is 8.43. The second-order valence-corrected chi connectivity index (χ2v) is 8.04. The van der Waals surface area contributed by atoms with Gasteiger partial charge in [0.1, 0.15) is 5.69 Å². The van der Waals surface area contributed by atoms with Crippen molar-refractivity contribution < 1.29 is 13.2 Å². The van der Waals surface area contributed by atoms with E-state index in [4.69, 9.17) is 0 Å². The van der Waals surface area contributed by atoms with E-state index >= 15 is 0 Å². The quantitative estimate of drug-likeness (QED) is 0.645. The fourth-order valence-electron chi connectivity index (χ4n) is 4.24. The lowest BCUT2D eigenvalue weighted by atomic mass is 9.87. The topological polar surface area (TPSA) is 48.1 Å². The highest BCUT2D eigenvalue weighted by atomic mass is 19.4. The van der Waals surface area contributed by atoms with Crippen LogP contribution in [0.3, 0.4) is 0 Å². The molecule has 0 bridgehead atoms. The third-order valence-electron chi connectivity index (χ3n) is 6.21. The van der Waals surface area contributed by atoms with E-state index in [0.29, 0.717) is 5.56 Å². The summed E-state index contributed by atoms with van der Waals surface area (Å²) in [5.74, 6) is 0. The molecule has 3 heterocycles. The predicted molar refractivity (Wildman–Crippen MR) is 112 cm³/mol. The van der Waals surface area contributed by atoms with Crippen molar-refractivity contribution in [1.29, 1.82) is 0 Å². The first-order chi connectivity index (χ1) is 14.9. The summed E-state index contributed by atoms with van der Waals surface area (Å²) in [6, 6.07) is 14.9. The van der Waals surface area contributed by atoms with Gasteiger partial charge in [0.05, 0.1) is 11.2 Å². The average molecular weight is 429 g/mol. The minimum absolute atomic E-state index is 0.640. The number of hydrogen-bond donors (Lipinski definition) is 1. The lowest BCUT2D eigenvalue weighted by molar-refractivity contribution is -0.141. The van der Waals surface area contributed by atoms with Crippen LogP contribution in [-0.4, -0.2) is 57.7 Å². The number of halogens is 3. The van der Waals surface area contributed by atoms with Gasteiger partial charge in [-0.1, -0.05) is 36.4 Å². The normalized spacial score (nSPS) is 18.1. The van der Waals surface area contributed by atoms with Crippen LogP contribution in [0.1, 0.15) is 29.4 Å². The Kier molecular flexibility index (Phi) is 6.11. The average Bonchev–Trinajstić information content (AvgIpc) is 3.33. The standard InChI is InChI=1S/C23H26F3N5/c1-22(20-9-11-28-29-20,19-7-8-21(27-17-19)23(24,25)26)31-15-13-30(14-16-31)12-10-18-5-3-2-4-6-18/h2-9,11,17H,10,12-16H2,1H3,(H,28,29). The molecule has 8 heteroatoms. The summed E-state index contributed by atoms with van der Waals surface area (Å²) in [6.07, 6.45) is -0.443. The number of alkyl halides is 3. The van der Waals surface area contributed by atoms with Gasteiger partial charge in [0.25, 0.3) is 0 Å². The van der Waals surface area contributed by atoms with Crippen LogP contribution >= 0.6 is 0 Å². The molecule has 0 radical (unpaired) electrons. The second-order valence-electron chi connectivity index (χ2n) is 8.04. The molecule has 1 fully saturated rings. The number of aromatic amines is 1. The van der Waals surface area contributed by atoms with Gasteiger partial charge in [-0.05, 0) is 36.6 Å². The minimum atomic E-state index is -4.45. The molecule has 3 aromatic rings. The first kappa shape index (κ1) is 21.5. The molecule has 0 amide bonds. The molecule has 164 valence electrons. The summed E-state index contributed by atoms with van der Waals surface area (Å²) < 4.78 is 39.0. The van der Waals surface area contributed by atoms with Crippen molar-refractivity contribution >= 4 is 0 Å². The Labute approximate surface area is 179 Å². The Morgan fingerprint density at radius 2 is 1.71 bits per heavy atom. The van der Waals surface area contributed by atoms with E-state index in [1.165, 1.54) is 17.8 Å². The minimum Gasteiger partial charge on any atom is -0.300 e. The summed E-state index contributed by atoms with van der Waals surface area (Å²) in [7, 11) is 0. The van der Waals surface area contributed by atoms with Crippen molar-refractivity contribution in [2.45, 2.75) is 25.1 Å². The van der Waals surface area contributed by atoms with Crippen molar-refractivity contribution in [1.82, 2.24) is 25.0 Å². The summed E-state index contributed by atoms with van der Waals surface area (Å²) >= 11 is 0. The monoisotopic (exact) mass is 429 g/mol. The lowest BCUT2D eigenvalue weighted by Crippen LogP contribution is -2.55. The predicted octanol–water partition coefficient (Wildman–Crippen LogP) is 3.95. The Bertz CT molecular complexity index is 949. The number of nitrogens with zero attached hydrogens (tertiary/aromatic N) is 4. The van der Waals surface area contributed by atoms with Gasteiger partial charge in [-0.2, -0.15) is 18.3 Å². The van der Waals surface area contributed by atoms with E-state index in [1.54, 1.807) is 6.20 Å². The summed E-state index contributed by atoms with van der Waals surface area (Å²) in [5.41, 5.74) is 1.35. The first-order valence-electron chi connectivity index (χ1n) is 10.4. The second kappa shape index (κ2) is 8.80. The number of benzene rings is 1. The highest BCUT2D eigenvalue weighted by Gasteiger charge is 2.40. The zero-order valence-corrected chi connectivity index (χ0v) is 17.4. The number of rotatable bonds is 6. The smallest absolute Gasteiger partial charge is 0.300 e. The third-order valence-corrected chi connectivity index (χ3v) is 6.21. The van der Waals surface area contributed by atoms with Crippen LogP contribution in [-0.2, 0) is 18.1 Å². The first-order valence-corrected chi connectivity index (χ1v) is 10.4. The van der Waals surface area contributed by atoms with Gasteiger partial charge < -0.3 is 4.90 Å². The zero-order chi connectivity index (χ0) is 21.9. The van der Waals surface area contributed by atoms with Gasteiger partial charge >= 0.3 is 6.18 Å². The Hall–Kier alpha value is -2.71. The molecule has 4 rings (SSSR count). The number of H-pyrrole nitrogens is 1. The fourth-order valence-corrected chi connectivity index (χ4v) is 4.24. The van der Waals surface area contributed by atoms with Crippen molar-refractivity contribution in [2.24, 2.45) is 0 Å². The molecule has 0 aliphatic carbocycles. The van der Waals surface area contributed by atoms with Crippen molar-refractivity contribution in [3.63, 3.8) is 0 Å². The molecule has 1 aliphatic heterocycles. The fraction of sp³-hybridized carbons (Fsp3) is 0.391. The van der Waals surface area contributed by atoms with Crippen LogP contribution < -0.4 is 0 Å². The van der Waals surface area contributed by atoms with Crippen LogP contribution in [0.15, 0.2) is 60.9 Å². The van der Waals surface area contributed by atoms with E-state index in [0.717, 1.165) is 50.9 Å². The highest BCUT2D eigenvalue weighted by Crippen LogP contribution is 2.36. The zero-order valence-electron chi connectivity index (χ0n) is 17.4. The van der Waals surface area contributed by atoms with Gasteiger partial charge in [-0.3, -0.25) is 15.0 Å². The van der Waals surface area contributed by atoms with Crippen LogP contribution in [0.25, 0.3) is 0 Å². The van der Waals surface area contributed by atoms with E-state index < -0.39 is 17.4 Å². The molecule has 0 spiro atoms. The molecule has 1 unspecified atom stereocenters. The van der Waals surface area contributed by atoms with Crippen LogP contribution in [0.2, 0.25) is 0 Å². The van der Waals surface area contributed by atoms with Gasteiger partial charge in [-0.15, -0.1) is 0 Å². The van der Waals surface area contributed by atoms with E-state index in [9.17, 15) is 13.2 Å². The number of piperazine rings is 1. The van der Waals surface area contributed by atoms with E-state index in [1.807, 2.05) is 19.1 Å². The highest BCUT2D eigenvalue weighted by molar-refractivity contribution is 5.33. The molecular formula is C23H26F3N5. The number of nitrogens with one attached hydrogen (secondary N) is 1. The summed E-state index contributed by atoms with van der Waals surface area (Å²) in [6.45, 7) is 6.39. The Morgan fingerprint density at radius 1 is 0.968 bits per heavy atom. The van der Waals surface area contributed by atoms with E-state index in [-0.39, 0.29) is 0 Å². The molecule has 1 atom stereocenters. The SMILES string of the molecule is CC(c1ccc(C(F)(F)F)nc1)(c1ccn[nH]1)N1CCN(CCc2ccccc2)CC1. The Balaban J connectivity index is 1.49. The van der Waals surface area contributed by atoms with Gasteiger partial charge in [0.15, 0.2) is 0 Å². The largest absolute Gasteiger partial charge is 0.433 e. The maximum atomic E-state index is 13.0. The Morgan fingerprint density at radius 3 is 2.29 bits per heavy atom.